The number of aliphatic hydroxyl groups is 3. The second-order valence-electron chi connectivity index (χ2n) is 20.2. The molecule has 2 fully saturated rings. The largest absolute Gasteiger partial charge is 0.508 e. The number of hydrogen-bond donors (Lipinski definition) is 9. The Hall–Kier alpha value is -5.14. The van der Waals surface area contributed by atoms with Crippen LogP contribution in [0.25, 0.3) is 0 Å². The predicted octanol–water partition coefficient (Wildman–Crippen LogP) is 2.87. The Morgan fingerprint density at radius 2 is 1.38 bits per heavy atom. The number of Topliss-reactive ketones (excluding diaryl/α,β-unsaturated/α-hetero) is 1. The lowest BCUT2D eigenvalue weighted by molar-refractivity contribution is -0.145. The number of aromatic hydroxyl groups is 1. The first kappa shape index (κ1) is 60.2. The Labute approximate surface area is 420 Å². The Morgan fingerprint density at radius 3 is 2.01 bits per heavy atom. The summed E-state index contributed by atoms with van der Waals surface area (Å²) in [6, 6.07) is 1.08. The first-order valence-corrected chi connectivity index (χ1v) is 26.1. The van der Waals surface area contributed by atoms with Crippen molar-refractivity contribution in [2.75, 3.05) is 19.6 Å². The minimum atomic E-state index is -1.44. The number of phenolic OH excluding ortho intramolecular Hbond substituents is 1. The second-order valence-corrected chi connectivity index (χ2v) is 20.2. The smallest absolute Gasteiger partial charge is 0.247 e. The van der Waals surface area contributed by atoms with Crippen molar-refractivity contribution in [1.82, 2.24) is 31.1 Å². The molecule has 10 N–H and O–H groups in total. The average molecular weight is 1000 g/mol. The van der Waals surface area contributed by atoms with Gasteiger partial charge in [-0.1, -0.05) is 98.6 Å². The van der Waals surface area contributed by atoms with Crippen molar-refractivity contribution >= 4 is 47.1 Å². The topological polar surface area (TPSA) is 298 Å². The summed E-state index contributed by atoms with van der Waals surface area (Å²) < 4.78 is 0. The molecule has 2 heterocycles. The van der Waals surface area contributed by atoms with E-state index < -0.39 is 102 Å². The van der Waals surface area contributed by atoms with Crippen molar-refractivity contribution in [1.29, 1.82) is 0 Å². The van der Waals surface area contributed by atoms with Crippen LogP contribution < -0.4 is 27.0 Å². The number of rotatable bonds is 32. The van der Waals surface area contributed by atoms with E-state index in [1.165, 1.54) is 49.1 Å². The normalized spacial score (nSPS) is 21.3. The summed E-state index contributed by atoms with van der Waals surface area (Å²) >= 11 is 0. The number of primary amides is 1. The monoisotopic (exact) mass is 1000 g/mol. The van der Waals surface area contributed by atoms with Gasteiger partial charge in [0.15, 0.2) is 5.78 Å². The third kappa shape index (κ3) is 20.1. The number of nitrogens with zero attached hydrogens (tertiary/aromatic N) is 2. The molecule has 1 aromatic rings. The fourth-order valence-electron chi connectivity index (χ4n) is 9.52. The van der Waals surface area contributed by atoms with Gasteiger partial charge in [-0.25, -0.2) is 0 Å². The summed E-state index contributed by atoms with van der Waals surface area (Å²) in [6.07, 6.45) is 5.83. The van der Waals surface area contributed by atoms with E-state index in [4.69, 9.17) is 5.73 Å². The molecule has 400 valence electrons. The lowest BCUT2D eigenvalue weighted by Gasteiger charge is -2.31. The number of carbonyl (C=O) groups excluding carboxylic acids is 8. The molecule has 0 aliphatic carbocycles. The Kier molecular flexibility index (Phi) is 26.0. The standard InChI is InChI=1S/C52H85N7O12/c1-7-32(4)26-33(5)16-14-12-10-11-13-15-17-45(65)54-29-46(66)55-39(8-2)51(70)58-31-38(61)28-41(58)42(62)27-36(21-18-35-19-22-37(60)23-20-35)49(68)56-40(24-25-43(53)63)52(71)59-30-34(6)48(67)47(59)50(69)57-44(64)9-3/h19-20,22-23,32-34,36,38-41,44,47-48,60-61,64,67H,7-18,21,24-31H2,1-6H3,(H2,53,63)(H,54,65)(H,55,66)(H,56,68)(H,57,69)/t32?,33?,34-,36?,38?,39?,40?,41?,44+,47?,48-/m0/s1. The maximum Gasteiger partial charge on any atom is 0.247 e. The van der Waals surface area contributed by atoms with Crippen molar-refractivity contribution in [2.45, 2.75) is 200 Å². The highest BCUT2D eigenvalue weighted by Gasteiger charge is 2.48. The fraction of sp³-hybridized carbons (Fsp3) is 0.731. The molecule has 71 heavy (non-hydrogen) atoms. The number of phenols is 1. The van der Waals surface area contributed by atoms with Crippen LogP contribution >= 0.6 is 0 Å². The highest BCUT2D eigenvalue weighted by molar-refractivity contribution is 5.97. The van der Waals surface area contributed by atoms with Gasteiger partial charge >= 0.3 is 0 Å². The highest BCUT2D eigenvalue weighted by Crippen LogP contribution is 2.28. The molecule has 0 bridgehead atoms. The van der Waals surface area contributed by atoms with Gasteiger partial charge in [-0.05, 0) is 74.5 Å². The first-order valence-electron chi connectivity index (χ1n) is 26.1. The minimum Gasteiger partial charge on any atom is -0.508 e. The van der Waals surface area contributed by atoms with E-state index in [0.717, 1.165) is 36.0 Å². The van der Waals surface area contributed by atoms with E-state index in [9.17, 15) is 58.8 Å². The average Bonchev–Trinajstić information content (AvgIpc) is 3.88. The third-order valence-electron chi connectivity index (χ3n) is 14.1. The highest BCUT2D eigenvalue weighted by atomic mass is 16.3. The summed E-state index contributed by atoms with van der Waals surface area (Å²) in [5.74, 6) is -5.42. The van der Waals surface area contributed by atoms with Gasteiger partial charge in [0.25, 0.3) is 0 Å². The summed E-state index contributed by atoms with van der Waals surface area (Å²) in [5, 5.41) is 52.0. The zero-order chi connectivity index (χ0) is 52.8. The number of likely N-dealkylation sites (tertiary alicyclic amines) is 2. The molecule has 1 aromatic carbocycles. The minimum absolute atomic E-state index is 0.0156. The molecule has 8 unspecified atom stereocenters. The van der Waals surface area contributed by atoms with Gasteiger partial charge in [-0.15, -0.1) is 0 Å². The van der Waals surface area contributed by atoms with E-state index in [-0.39, 0.29) is 82.7 Å². The first-order chi connectivity index (χ1) is 33.7. The molecule has 0 saturated carbocycles. The zero-order valence-corrected chi connectivity index (χ0v) is 43.0. The van der Waals surface area contributed by atoms with E-state index in [1.54, 1.807) is 32.9 Å². The predicted molar refractivity (Wildman–Crippen MR) is 267 cm³/mol. The van der Waals surface area contributed by atoms with Crippen LogP contribution in [0.1, 0.15) is 156 Å². The van der Waals surface area contributed by atoms with Crippen LogP contribution in [-0.4, -0.2) is 140 Å². The molecule has 19 nitrogen and oxygen atoms in total. The molecule has 0 aromatic heterocycles. The number of carbonyl (C=O) groups is 8. The maximum absolute atomic E-state index is 14.4. The van der Waals surface area contributed by atoms with E-state index in [1.807, 2.05) is 0 Å². The van der Waals surface area contributed by atoms with Crippen LogP contribution in [0.4, 0.5) is 0 Å². The quantitative estimate of drug-likeness (QED) is 0.0372. The van der Waals surface area contributed by atoms with E-state index in [0.29, 0.717) is 12.0 Å². The van der Waals surface area contributed by atoms with Gasteiger partial charge in [0.2, 0.25) is 41.4 Å². The molecular weight excluding hydrogens is 915 g/mol. The van der Waals surface area contributed by atoms with Gasteiger partial charge in [-0.2, -0.15) is 0 Å². The van der Waals surface area contributed by atoms with Gasteiger partial charge in [-0.3, -0.25) is 38.4 Å². The lowest BCUT2D eigenvalue weighted by Crippen LogP contribution is -2.57. The van der Waals surface area contributed by atoms with Crippen LogP contribution in [0.15, 0.2) is 24.3 Å². The van der Waals surface area contributed by atoms with Gasteiger partial charge < -0.3 is 57.2 Å². The van der Waals surface area contributed by atoms with Crippen molar-refractivity contribution in [3.05, 3.63) is 29.8 Å². The van der Waals surface area contributed by atoms with Crippen molar-refractivity contribution in [3.63, 3.8) is 0 Å². The molecule has 0 radical (unpaired) electrons. The molecule has 7 amide bonds. The van der Waals surface area contributed by atoms with Crippen molar-refractivity contribution in [2.24, 2.45) is 29.4 Å². The number of nitrogens with two attached hydrogens (primary N) is 1. The summed E-state index contributed by atoms with van der Waals surface area (Å²) in [7, 11) is 0. The number of aryl methyl sites for hydroxylation is 1. The zero-order valence-electron chi connectivity index (χ0n) is 43.0. The van der Waals surface area contributed by atoms with Crippen molar-refractivity contribution in [3.8, 4) is 5.75 Å². The number of hydrogen-bond acceptors (Lipinski definition) is 12. The number of aliphatic hydroxyl groups excluding tert-OH is 3. The van der Waals surface area contributed by atoms with Crippen LogP contribution in [0.5, 0.6) is 5.75 Å². The number of amides is 7. The van der Waals surface area contributed by atoms with Crippen LogP contribution in [0.2, 0.25) is 0 Å². The van der Waals surface area contributed by atoms with Gasteiger partial charge in [0.1, 0.15) is 30.1 Å². The van der Waals surface area contributed by atoms with Crippen molar-refractivity contribution < 1.29 is 58.8 Å². The molecule has 0 spiro atoms. The number of nitrogens with one attached hydrogen (secondary N) is 4. The number of benzene rings is 1. The lowest BCUT2D eigenvalue weighted by atomic mass is 9.90. The van der Waals surface area contributed by atoms with E-state index in [2.05, 4.69) is 42.0 Å². The number of β-amino-alcohol motifs (C(OH)–C–C–N with tert-alkyl or cyclic N) is 1. The summed E-state index contributed by atoms with van der Waals surface area (Å²) in [6.45, 7) is 11.1. The number of ketones is 1. The van der Waals surface area contributed by atoms with Crippen LogP contribution in [0, 0.1) is 23.7 Å². The Bertz CT molecular complexity index is 1900. The van der Waals surface area contributed by atoms with Crippen LogP contribution in [0.3, 0.4) is 0 Å². The maximum atomic E-state index is 14.4. The fourth-order valence-corrected chi connectivity index (χ4v) is 9.52. The van der Waals surface area contributed by atoms with Gasteiger partial charge in [0, 0.05) is 50.6 Å². The second kappa shape index (κ2) is 30.7. The van der Waals surface area contributed by atoms with E-state index >= 15 is 0 Å². The molecule has 19 heteroatoms. The SMILES string of the molecule is CCC(C)CC(C)CCCCCCCCC(=O)NCC(=O)NC(CC)C(=O)N1CC(O)CC1C(=O)CC(CCc1ccc(O)cc1)C(=O)NC(CCC(N)=O)C(=O)N1C[C@H](C)[C@H](O)C1C(=O)N[C@H](O)CC. The summed E-state index contributed by atoms with van der Waals surface area (Å²) in [4.78, 5) is 110. The third-order valence-corrected chi connectivity index (χ3v) is 14.1. The molecule has 3 rings (SSSR count). The molecular formula is C52H85N7O12. The Balaban J connectivity index is 1.67. The molecule has 2 aliphatic heterocycles. The van der Waals surface area contributed by atoms with Gasteiger partial charge in [0.05, 0.1) is 24.8 Å². The molecule has 2 saturated heterocycles. The Morgan fingerprint density at radius 1 is 0.732 bits per heavy atom. The van der Waals surface area contributed by atoms with Crippen LogP contribution in [-0.2, 0) is 44.8 Å². The summed E-state index contributed by atoms with van der Waals surface area (Å²) in [5.41, 5.74) is 6.16. The molecule has 11 atom stereocenters. The number of unbranched alkanes of at least 4 members (excludes halogenated alkanes) is 5. The molecule has 2 aliphatic rings.